The summed E-state index contributed by atoms with van der Waals surface area (Å²) >= 11 is 1.65. The number of nitrogens with zero attached hydrogens (tertiary/aromatic N) is 1. The molecule has 0 saturated carbocycles. The monoisotopic (exact) mass is 408 g/mol. The van der Waals surface area contributed by atoms with E-state index in [-0.39, 0.29) is 10.8 Å². The van der Waals surface area contributed by atoms with Gasteiger partial charge in [-0.3, -0.25) is 4.79 Å². The molecule has 1 amide bonds. The largest absolute Gasteiger partial charge is 0.497 e. The minimum Gasteiger partial charge on any atom is -0.497 e. The van der Waals surface area contributed by atoms with Crippen LogP contribution in [-0.4, -0.2) is 45.7 Å². The van der Waals surface area contributed by atoms with Crippen LogP contribution in [0, 0.1) is 0 Å². The summed E-state index contributed by atoms with van der Waals surface area (Å²) in [5.41, 5.74) is 0.980. The highest BCUT2D eigenvalue weighted by Crippen LogP contribution is 2.17. The van der Waals surface area contributed by atoms with Crippen molar-refractivity contribution < 1.29 is 17.9 Å². The number of likely N-dealkylation sites (N-methyl/N-ethyl adjacent to an activating group) is 1. The fraction of sp³-hybridized carbons (Fsp3) is 0.316. The first-order valence-electron chi connectivity index (χ1n) is 8.31. The summed E-state index contributed by atoms with van der Waals surface area (Å²) in [5, 5.41) is 0. The second kappa shape index (κ2) is 9.25. The van der Waals surface area contributed by atoms with Crippen LogP contribution in [0.3, 0.4) is 0 Å². The average molecular weight is 409 g/mol. The van der Waals surface area contributed by atoms with Crippen molar-refractivity contribution in [3.63, 3.8) is 0 Å². The Balaban J connectivity index is 2.01. The molecule has 6 nitrogen and oxygen atoms in total. The number of hydrogen-bond acceptors (Lipinski definition) is 5. The van der Waals surface area contributed by atoms with E-state index in [2.05, 4.69) is 4.72 Å². The zero-order valence-electron chi connectivity index (χ0n) is 15.8. The molecule has 27 heavy (non-hydrogen) atoms. The van der Waals surface area contributed by atoms with Crippen LogP contribution in [0.1, 0.15) is 12.5 Å². The molecule has 2 aromatic carbocycles. The van der Waals surface area contributed by atoms with Gasteiger partial charge in [0.1, 0.15) is 5.75 Å². The molecule has 0 heterocycles. The Bertz CT molecular complexity index is 866. The van der Waals surface area contributed by atoms with Gasteiger partial charge in [0.25, 0.3) is 0 Å². The molecule has 0 aromatic heterocycles. The van der Waals surface area contributed by atoms with E-state index in [0.717, 1.165) is 10.5 Å². The average Bonchev–Trinajstić information content (AvgIpc) is 2.67. The lowest BCUT2D eigenvalue weighted by Crippen LogP contribution is -2.45. The van der Waals surface area contributed by atoms with Crippen LogP contribution in [0.5, 0.6) is 5.75 Å². The first-order chi connectivity index (χ1) is 12.8. The van der Waals surface area contributed by atoms with Crippen molar-refractivity contribution in [3.8, 4) is 5.75 Å². The predicted molar refractivity (Wildman–Crippen MR) is 107 cm³/mol. The van der Waals surface area contributed by atoms with Gasteiger partial charge in [0.2, 0.25) is 15.9 Å². The van der Waals surface area contributed by atoms with Gasteiger partial charge in [-0.1, -0.05) is 12.1 Å². The van der Waals surface area contributed by atoms with Crippen molar-refractivity contribution in [1.29, 1.82) is 0 Å². The van der Waals surface area contributed by atoms with Crippen molar-refractivity contribution in [2.45, 2.75) is 29.3 Å². The first kappa shape index (κ1) is 21.3. The Morgan fingerprint density at radius 1 is 1.15 bits per heavy atom. The molecular weight excluding hydrogens is 384 g/mol. The van der Waals surface area contributed by atoms with Gasteiger partial charge >= 0.3 is 0 Å². The summed E-state index contributed by atoms with van der Waals surface area (Å²) in [5.74, 6) is 0.256. The van der Waals surface area contributed by atoms with E-state index in [9.17, 15) is 13.2 Å². The Kier molecular flexibility index (Phi) is 7.29. The SMILES string of the molecule is COc1ccc(S(=O)(=O)N[C@@H](C)C(=O)N(C)Cc2ccc(SC)cc2)cc1. The molecule has 0 radical (unpaired) electrons. The summed E-state index contributed by atoms with van der Waals surface area (Å²) in [4.78, 5) is 15.3. The summed E-state index contributed by atoms with van der Waals surface area (Å²) in [6.07, 6.45) is 2.00. The topological polar surface area (TPSA) is 75.7 Å². The number of nitrogens with one attached hydrogen (secondary N) is 1. The highest BCUT2D eigenvalue weighted by molar-refractivity contribution is 7.98. The molecule has 0 spiro atoms. The molecule has 1 N–H and O–H groups in total. The third kappa shape index (κ3) is 5.72. The van der Waals surface area contributed by atoms with Crippen LogP contribution >= 0.6 is 11.8 Å². The van der Waals surface area contributed by atoms with Crippen molar-refractivity contribution in [2.24, 2.45) is 0 Å². The normalized spacial score (nSPS) is 12.4. The van der Waals surface area contributed by atoms with Gasteiger partial charge in [-0.2, -0.15) is 4.72 Å². The molecule has 0 aliphatic carbocycles. The van der Waals surface area contributed by atoms with Crippen molar-refractivity contribution in [2.75, 3.05) is 20.4 Å². The third-order valence-corrected chi connectivity index (χ3v) is 6.33. The smallest absolute Gasteiger partial charge is 0.241 e. The number of amides is 1. The van der Waals surface area contributed by atoms with Crippen LogP contribution in [0.25, 0.3) is 0 Å². The summed E-state index contributed by atoms with van der Waals surface area (Å²) in [6.45, 7) is 1.94. The van der Waals surface area contributed by atoms with Crippen molar-refractivity contribution in [1.82, 2.24) is 9.62 Å². The molecule has 0 bridgehead atoms. The van der Waals surface area contributed by atoms with Gasteiger partial charge in [0, 0.05) is 18.5 Å². The zero-order chi connectivity index (χ0) is 20.0. The van der Waals surface area contributed by atoms with E-state index in [1.807, 2.05) is 30.5 Å². The number of carbonyl (C=O) groups is 1. The van der Waals surface area contributed by atoms with Gasteiger partial charge in [-0.05, 0) is 55.1 Å². The highest BCUT2D eigenvalue weighted by Gasteiger charge is 2.24. The number of ether oxygens (including phenoxy) is 1. The number of benzene rings is 2. The van der Waals surface area contributed by atoms with E-state index >= 15 is 0 Å². The molecule has 8 heteroatoms. The zero-order valence-corrected chi connectivity index (χ0v) is 17.4. The molecule has 0 aliphatic heterocycles. The summed E-state index contributed by atoms with van der Waals surface area (Å²) < 4.78 is 32.4. The Morgan fingerprint density at radius 3 is 2.26 bits per heavy atom. The van der Waals surface area contributed by atoms with Crippen LogP contribution in [0.4, 0.5) is 0 Å². The van der Waals surface area contributed by atoms with E-state index in [1.54, 1.807) is 30.9 Å². The molecule has 0 saturated heterocycles. The Labute approximate surface area is 165 Å². The lowest BCUT2D eigenvalue weighted by atomic mass is 10.2. The van der Waals surface area contributed by atoms with Gasteiger partial charge < -0.3 is 9.64 Å². The molecular formula is C19H24N2O4S2. The van der Waals surface area contributed by atoms with Crippen LogP contribution in [-0.2, 0) is 21.4 Å². The first-order valence-corrected chi connectivity index (χ1v) is 11.0. The van der Waals surface area contributed by atoms with E-state index in [4.69, 9.17) is 4.74 Å². The standard InChI is InChI=1S/C19H24N2O4S2/c1-14(20-27(23,24)18-11-7-16(25-3)8-12-18)19(22)21(2)13-15-5-9-17(26-4)10-6-15/h5-12,14,20H,13H2,1-4H3/t14-/m0/s1. The highest BCUT2D eigenvalue weighted by atomic mass is 32.2. The molecule has 1 atom stereocenters. The van der Waals surface area contributed by atoms with Gasteiger partial charge in [0.15, 0.2) is 0 Å². The Morgan fingerprint density at radius 2 is 1.74 bits per heavy atom. The van der Waals surface area contributed by atoms with Gasteiger partial charge in [-0.25, -0.2) is 8.42 Å². The number of rotatable bonds is 8. The number of thioether (sulfide) groups is 1. The minimum atomic E-state index is -3.80. The summed E-state index contributed by atoms with van der Waals surface area (Å²) in [7, 11) is -0.638. The van der Waals surface area contributed by atoms with E-state index in [0.29, 0.717) is 12.3 Å². The maximum atomic E-state index is 12.6. The van der Waals surface area contributed by atoms with Crippen molar-refractivity contribution >= 4 is 27.7 Å². The lowest BCUT2D eigenvalue weighted by molar-refractivity contribution is -0.131. The number of sulfonamides is 1. The van der Waals surface area contributed by atoms with E-state index < -0.39 is 16.1 Å². The van der Waals surface area contributed by atoms with E-state index in [1.165, 1.54) is 31.1 Å². The second-order valence-electron chi connectivity index (χ2n) is 6.06. The molecule has 0 fully saturated rings. The van der Waals surface area contributed by atoms with Crippen LogP contribution < -0.4 is 9.46 Å². The molecule has 0 unspecified atom stereocenters. The fourth-order valence-corrected chi connectivity index (χ4v) is 4.12. The third-order valence-electron chi connectivity index (χ3n) is 4.03. The maximum Gasteiger partial charge on any atom is 0.241 e. The molecule has 146 valence electrons. The fourth-order valence-electron chi connectivity index (χ4n) is 2.52. The number of carbonyl (C=O) groups excluding carboxylic acids is 1. The van der Waals surface area contributed by atoms with Crippen LogP contribution in [0.15, 0.2) is 58.3 Å². The quantitative estimate of drug-likeness (QED) is 0.680. The van der Waals surface area contributed by atoms with Gasteiger partial charge in [0.05, 0.1) is 18.0 Å². The van der Waals surface area contributed by atoms with Gasteiger partial charge in [-0.15, -0.1) is 11.8 Å². The predicted octanol–water partition coefficient (Wildman–Crippen LogP) is 2.74. The van der Waals surface area contributed by atoms with Crippen molar-refractivity contribution in [3.05, 3.63) is 54.1 Å². The molecule has 0 aliphatic rings. The number of methoxy groups -OCH3 is 1. The maximum absolute atomic E-state index is 12.6. The minimum absolute atomic E-state index is 0.0817. The second-order valence-corrected chi connectivity index (χ2v) is 8.65. The lowest BCUT2D eigenvalue weighted by Gasteiger charge is -2.22. The van der Waals surface area contributed by atoms with Crippen LogP contribution in [0.2, 0.25) is 0 Å². The Hall–Kier alpha value is -2.03. The summed E-state index contributed by atoms with van der Waals surface area (Å²) in [6, 6.07) is 13.0. The number of hydrogen-bond donors (Lipinski definition) is 1. The molecule has 2 aromatic rings. The molecule has 2 rings (SSSR count).